The first-order chi connectivity index (χ1) is 29.5. The lowest BCUT2D eigenvalue weighted by Crippen LogP contribution is -2.81. The molecule has 24 heteroatoms. The van der Waals surface area contributed by atoms with Crippen LogP contribution in [0.4, 0.5) is 87.8 Å². The Morgan fingerprint density at radius 1 is 0.333 bits per heavy atom. The SMILES string of the molecule is Fc1c(F)c(F)c([B-](c2c(F)c(F)c(F)c(F)c2F)(c2c(F)c(F)c(F)c(F)c2F)c2c(F)c(F)c(F)c(F)c2F)c(F)c1F.Sc1ccccc1O[n+]1cccc2ccccc21. The van der Waals surface area contributed by atoms with Crippen LogP contribution in [-0.2, 0) is 0 Å². The molecule has 0 aliphatic heterocycles. The molecule has 0 aliphatic rings. The van der Waals surface area contributed by atoms with Gasteiger partial charge in [0.05, 0.1) is 10.3 Å². The number of benzene rings is 6. The lowest BCUT2D eigenvalue weighted by molar-refractivity contribution is -0.855. The summed E-state index contributed by atoms with van der Waals surface area (Å²) in [7, 11) is 0. The van der Waals surface area contributed by atoms with Crippen molar-refractivity contribution in [3.63, 3.8) is 0 Å². The first kappa shape index (κ1) is 46.1. The predicted molar refractivity (Wildman–Crippen MR) is 183 cm³/mol. The molecule has 1 aromatic heterocycles. The molecule has 0 saturated heterocycles. The van der Waals surface area contributed by atoms with Gasteiger partial charge in [0.2, 0.25) is 11.9 Å². The first-order valence-electron chi connectivity index (χ1n) is 16.6. The van der Waals surface area contributed by atoms with Crippen molar-refractivity contribution in [3.05, 3.63) is 183 Å². The maximum absolute atomic E-state index is 15.4. The lowest BCUT2D eigenvalue weighted by atomic mass is 9.12. The van der Waals surface area contributed by atoms with Crippen molar-refractivity contribution < 1.29 is 97.4 Å². The molecule has 0 radical (unpaired) electrons. The molecule has 7 rings (SSSR count). The molecule has 328 valence electrons. The number of pyridine rings is 1. The van der Waals surface area contributed by atoms with Crippen molar-refractivity contribution in [2.24, 2.45) is 0 Å². The van der Waals surface area contributed by atoms with Gasteiger partial charge in [-0.1, -0.05) is 24.3 Å². The Morgan fingerprint density at radius 3 is 0.937 bits per heavy atom. The van der Waals surface area contributed by atoms with Crippen LogP contribution in [0.15, 0.2) is 71.8 Å². The molecule has 0 atom stereocenters. The molecule has 63 heavy (non-hydrogen) atoms. The molecule has 0 spiro atoms. The van der Waals surface area contributed by atoms with Crippen LogP contribution in [0.2, 0.25) is 0 Å². The average Bonchev–Trinajstić information content (AvgIpc) is 3.27. The highest BCUT2D eigenvalue weighted by molar-refractivity contribution is 7.80. The van der Waals surface area contributed by atoms with Gasteiger partial charge in [0, 0.05) is 16.9 Å². The topological polar surface area (TPSA) is 13.1 Å². The smallest absolute Gasteiger partial charge is 0.230 e. The summed E-state index contributed by atoms with van der Waals surface area (Å²) in [6, 6.07) is 19.8. The molecule has 0 fully saturated rings. The number of thiol groups is 1. The quantitative estimate of drug-likeness (QED) is 0.0439. The van der Waals surface area contributed by atoms with E-state index < -0.39 is 144 Å². The Kier molecular flexibility index (Phi) is 12.4. The first-order valence-corrected chi connectivity index (χ1v) is 17.1. The van der Waals surface area contributed by atoms with Gasteiger partial charge in [-0.2, -0.15) is 0 Å². The van der Waals surface area contributed by atoms with Crippen LogP contribution in [0.5, 0.6) is 5.75 Å². The molecule has 2 nitrogen and oxygen atoms in total. The van der Waals surface area contributed by atoms with Gasteiger partial charge in [0.25, 0.3) is 5.52 Å². The van der Waals surface area contributed by atoms with Gasteiger partial charge in [-0.05, 0) is 24.3 Å². The molecule has 1 heterocycles. The second-order valence-corrected chi connectivity index (χ2v) is 13.2. The molecule has 0 aliphatic carbocycles. The maximum Gasteiger partial charge on any atom is 0.265 e. The summed E-state index contributed by atoms with van der Waals surface area (Å²) in [5.74, 6) is -70.7. The molecule has 6 aromatic carbocycles. The van der Waals surface area contributed by atoms with Gasteiger partial charge >= 0.3 is 0 Å². The van der Waals surface area contributed by atoms with Gasteiger partial charge in [0.15, 0.2) is 69.8 Å². The maximum atomic E-state index is 15.4. The van der Waals surface area contributed by atoms with Gasteiger partial charge < -0.3 is 0 Å². The van der Waals surface area contributed by atoms with E-state index in [2.05, 4.69) is 24.8 Å². The fourth-order valence-electron chi connectivity index (χ4n) is 6.73. The molecule has 0 unspecified atom stereocenters. The number of rotatable bonds is 6. The number of para-hydroxylation sites is 2. The van der Waals surface area contributed by atoms with Crippen molar-refractivity contribution in [3.8, 4) is 5.75 Å². The van der Waals surface area contributed by atoms with E-state index in [1.807, 2.05) is 54.7 Å². The summed E-state index contributed by atoms with van der Waals surface area (Å²) in [6.45, 7) is 0. The van der Waals surface area contributed by atoms with Crippen LogP contribution in [0.3, 0.4) is 0 Å². The molecule has 0 amide bonds. The second kappa shape index (κ2) is 17.0. The van der Waals surface area contributed by atoms with E-state index in [1.54, 1.807) is 4.73 Å². The number of aromatic nitrogens is 1. The van der Waals surface area contributed by atoms with E-state index >= 15 is 35.1 Å². The number of halogens is 20. The molecular formula is C39H12BF20NOS. The fraction of sp³-hybridized carbons (Fsp3) is 0. The minimum atomic E-state index is -7.22. The number of nitrogens with zero attached hydrogens (tertiary/aromatic N) is 1. The highest BCUT2D eigenvalue weighted by atomic mass is 32.1. The van der Waals surface area contributed by atoms with Gasteiger partial charge in [-0.15, -0.1) is 34.5 Å². The van der Waals surface area contributed by atoms with E-state index in [0.717, 1.165) is 21.5 Å². The van der Waals surface area contributed by atoms with Crippen molar-refractivity contribution in [1.82, 2.24) is 0 Å². The Morgan fingerprint density at radius 2 is 0.603 bits per heavy atom. The molecule has 0 N–H and O–H groups in total. The zero-order valence-electron chi connectivity index (χ0n) is 29.8. The summed E-state index contributed by atoms with van der Waals surface area (Å²) in [5.41, 5.74) is -13.3. The number of fused-ring (bicyclic) bond motifs is 1. The van der Waals surface area contributed by atoms with E-state index in [-0.39, 0.29) is 0 Å². The normalized spacial score (nSPS) is 11.6. The summed E-state index contributed by atoms with van der Waals surface area (Å²) >= 11 is 4.38. The van der Waals surface area contributed by atoms with Crippen LogP contribution in [0.1, 0.15) is 0 Å². The predicted octanol–water partition coefficient (Wildman–Crippen LogP) is 9.10. The van der Waals surface area contributed by atoms with Crippen LogP contribution in [-0.4, -0.2) is 6.15 Å². The summed E-state index contributed by atoms with van der Waals surface area (Å²) < 4.78 is 296. The summed E-state index contributed by atoms with van der Waals surface area (Å²) in [4.78, 5) is 6.68. The Bertz CT molecular complexity index is 2640. The van der Waals surface area contributed by atoms with Crippen LogP contribution in [0.25, 0.3) is 10.9 Å². The third-order valence-corrected chi connectivity index (χ3v) is 9.81. The molecular weight excluding hydrogens is 921 g/mol. The highest BCUT2D eigenvalue weighted by Gasteiger charge is 2.52. The van der Waals surface area contributed by atoms with Crippen molar-refractivity contribution in [2.45, 2.75) is 4.90 Å². The summed E-state index contributed by atoms with van der Waals surface area (Å²) in [6.07, 6.45) is -5.33. The lowest BCUT2D eigenvalue weighted by Gasteiger charge is -2.44. The van der Waals surface area contributed by atoms with Crippen LogP contribution >= 0.6 is 12.6 Å². The third kappa shape index (κ3) is 7.12. The monoisotopic (exact) mass is 933 g/mol. The summed E-state index contributed by atoms with van der Waals surface area (Å²) in [5, 5.41) is 1.14. The van der Waals surface area contributed by atoms with Crippen LogP contribution < -0.4 is 31.4 Å². The van der Waals surface area contributed by atoms with Crippen LogP contribution in [0, 0.1) is 116 Å². The second-order valence-electron chi connectivity index (χ2n) is 12.8. The Balaban J connectivity index is 0.000000302. The van der Waals surface area contributed by atoms with E-state index in [1.165, 1.54) is 0 Å². The van der Waals surface area contributed by atoms with Crippen molar-refractivity contribution in [1.29, 1.82) is 0 Å². The van der Waals surface area contributed by atoms with Gasteiger partial charge in [-0.3, -0.25) is 0 Å². The van der Waals surface area contributed by atoms with Gasteiger partial charge in [0.1, 0.15) is 52.7 Å². The van der Waals surface area contributed by atoms with E-state index in [4.69, 9.17) is 4.84 Å². The minimum absolute atomic E-state index is 0.738. The molecule has 0 bridgehead atoms. The van der Waals surface area contributed by atoms with Gasteiger partial charge in [-0.25, -0.2) is 92.6 Å². The molecule has 7 aromatic rings. The number of hydrogen-bond donors (Lipinski definition) is 1. The third-order valence-electron chi connectivity index (χ3n) is 9.44. The van der Waals surface area contributed by atoms with Crippen molar-refractivity contribution in [2.75, 3.05) is 0 Å². The van der Waals surface area contributed by atoms with E-state index in [9.17, 15) is 52.7 Å². The fourth-order valence-corrected chi connectivity index (χ4v) is 6.93. The minimum Gasteiger partial charge on any atom is -0.230 e. The average molecular weight is 933 g/mol. The molecule has 0 saturated carbocycles. The van der Waals surface area contributed by atoms with E-state index in [0.29, 0.717) is 0 Å². The Labute approximate surface area is 342 Å². The van der Waals surface area contributed by atoms with Crippen molar-refractivity contribution >= 4 is 51.5 Å². The zero-order chi connectivity index (χ0) is 46.7. The number of hydrogen-bond acceptors (Lipinski definition) is 2. The zero-order valence-corrected chi connectivity index (χ0v) is 30.7. The largest absolute Gasteiger partial charge is 0.265 e. The highest BCUT2D eigenvalue weighted by Crippen LogP contribution is 2.31. The standard InChI is InChI=1S/C24BF20.C15H11NOS/c26-5-1(6(27)14(35)21(42)13(5)34)25(2-7(28)15(36)22(43)16(37)8(2)29,3-9(30)17(38)23(44)18(39)10(3)31)4-11(32)19(40)24(45)20(41)12(4)33;18-15-10-4-3-9-14(15)17-16-11-5-7-12-6-1-2-8-13(12)16/h;1-11H/q-1;/p+1. The Hall–Kier alpha value is -6.46.